The van der Waals surface area contributed by atoms with Gasteiger partial charge in [0.25, 0.3) is 0 Å². The molecular formula is CrCuOTi+7. The molecule has 1 nitrogen and oxygen atoms in total. The Balaban J connectivity index is 0. The molecule has 0 aromatic heterocycles. The molecule has 0 atom stereocenters. The number of hydrogen-bond acceptors (Lipinski definition) is 0. The minimum Gasteiger partial charge on any atom is -2.00 e. The van der Waals surface area contributed by atoms with Crippen molar-refractivity contribution >= 4 is 0 Å². The zero-order valence-corrected chi connectivity index (χ0v) is 5.40. The monoisotopic (exact) mass is 179 g/mol. The Hall–Kier alpha value is 1.73. The summed E-state index contributed by atoms with van der Waals surface area (Å²) in [6.45, 7) is 0. The van der Waals surface area contributed by atoms with Crippen LogP contribution in [0.2, 0.25) is 0 Å². The van der Waals surface area contributed by atoms with Gasteiger partial charge in [0, 0.05) is 0 Å². The molecular weight excluding hydrogens is 179 g/mol. The summed E-state index contributed by atoms with van der Waals surface area (Å²) in [7, 11) is 0. The fourth-order valence-corrected chi connectivity index (χ4v) is 0. The third-order valence-corrected chi connectivity index (χ3v) is 0. The average Bonchev–Trinajstić information content (AvgIpc) is 0. The molecule has 0 fully saturated rings. The zero-order chi connectivity index (χ0) is 0. The molecule has 0 aliphatic rings. The number of rotatable bonds is 0. The van der Waals surface area contributed by atoms with Crippen LogP contribution in [0.4, 0.5) is 0 Å². The second kappa shape index (κ2) is 22.0. The second-order valence-electron chi connectivity index (χ2n) is 0. The average molecular weight is 179 g/mol. The zero-order valence-electron chi connectivity index (χ0n) is 1.62. The summed E-state index contributed by atoms with van der Waals surface area (Å²) >= 11 is 0. The van der Waals surface area contributed by atoms with Crippen molar-refractivity contribution in [2.45, 2.75) is 0 Å². The van der Waals surface area contributed by atoms with Gasteiger partial charge in [-0.25, -0.2) is 0 Å². The van der Waals surface area contributed by atoms with Crippen molar-refractivity contribution < 1.29 is 61.6 Å². The Morgan fingerprint density at radius 2 is 1.00 bits per heavy atom. The van der Waals surface area contributed by atoms with E-state index in [1.54, 1.807) is 0 Å². The third kappa shape index (κ3) is 9.29. The summed E-state index contributed by atoms with van der Waals surface area (Å²) in [5, 5.41) is 0. The Labute approximate surface area is 61.3 Å². The van der Waals surface area contributed by atoms with Crippen LogP contribution in [0, 0.1) is 0 Å². The topological polar surface area (TPSA) is 28.5 Å². The Bertz CT molecular complexity index is 8.00. The van der Waals surface area contributed by atoms with Crippen LogP contribution >= 0.6 is 0 Å². The van der Waals surface area contributed by atoms with Crippen molar-refractivity contribution in [1.82, 2.24) is 0 Å². The fraction of sp³-hybridized carbons (Fsp3) is 0. The van der Waals surface area contributed by atoms with Gasteiger partial charge in [-0.2, -0.15) is 0 Å². The summed E-state index contributed by atoms with van der Waals surface area (Å²) in [5.41, 5.74) is 0. The minimum absolute atomic E-state index is 0. The van der Waals surface area contributed by atoms with Crippen LogP contribution in [0.5, 0.6) is 0 Å². The van der Waals surface area contributed by atoms with Gasteiger partial charge < -0.3 is 5.48 Å². The molecule has 0 heterocycles. The summed E-state index contributed by atoms with van der Waals surface area (Å²) < 4.78 is 0. The van der Waals surface area contributed by atoms with Gasteiger partial charge in [0.15, 0.2) is 0 Å². The first-order chi connectivity index (χ1) is 0. The molecule has 0 saturated heterocycles. The van der Waals surface area contributed by atoms with E-state index in [0.717, 1.165) is 0 Å². The predicted molar refractivity (Wildman–Crippen MR) is 0.686 cm³/mol. The maximum atomic E-state index is 0. The summed E-state index contributed by atoms with van der Waals surface area (Å²) in [6.07, 6.45) is 0. The van der Waals surface area contributed by atoms with Crippen molar-refractivity contribution in [3.05, 3.63) is 0 Å². The first-order valence-corrected chi connectivity index (χ1v) is 0. The molecule has 0 aromatic rings. The van der Waals surface area contributed by atoms with Crippen molar-refractivity contribution in [2.24, 2.45) is 0 Å². The van der Waals surface area contributed by atoms with Crippen LogP contribution in [-0.2, 0) is 61.6 Å². The molecule has 0 bridgehead atoms. The van der Waals surface area contributed by atoms with E-state index in [1.807, 2.05) is 0 Å². The Morgan fingerprint density at radius 1 is 1.00 bits per heavy atom. The van der Waals surface area contributed by atoms with Crippen molar-refractivity contribution in [3.63, 3.8) is 0 Å². The van der Waals surface area contributed by atoms with Crippen molar-refractivity contribution in [3.8, 4) is 0 Å². The summed E-state index contributed by atoms with van der Waals surface area (Å²) in [5.74, 6) is 0. The van der Waals surface area contributed by atoms with Gasteiger partial charge in [0.1, 0.15) is 0 Å². The van der Waals surface area contributed by atoms with Gasteiger partial charge in [0.2, 0.25) is 0 Å². The molecule has 0 aliphatic heterocycles. The van der Waals surface area contributed by atoms with Crippen molar-refractivity contribution in [1.29, 1.82) is 0 Å². The van der Waals surface area contributed by atoms with E-state index in [0.29, 0.717) is 0 Å². The van der Waals surface area contributed by atoms with Crippen LogP contribution in [-0.4, -0.2) is 0 Å². The van der Waals surface area contributed by atoms with E-state index >= 15 is 0 Å². The van der Waals surface area contributed by atoms with Crippen molar-refractivity contribution in [2.75, 3.05) is 0 Å². The van der Waals surface area contributed by atoms with Crippen LogP contribution in [0.15, 0.2) is 0 Å². The molecule has 0 aromatic carbocycles. The standard InChI is InChI=1S/Cr.Cu.O.Ti/q+3;+2;-2;+4. The molecule has 4 heteroatoms. The third-order valence-electron chi connectivity index (χ3n) is 0. The molecule has 4 heavy (non-hydrogen) atoms. The maximum Gasteiger partial charge on any atom is 4.00 e. The van der Waals surface area contributed by atoms with Gasteiger partial charge >= 0.3 is 56.1 Å². The molecule has 20 valence electrons. The minimum atomic E-state index is 0. The molecule has 0 spiro atoms. The summed E-state index contributed by atoms with van der Waals surface area (Å²) in [4.78, 5) is 0. The van der Waals surface area contributed by atoms with Crippen LogP contribution in [0.25, 0.3) is 0 Å². The molecule has 0 aliphatic carbocycles. The number of hydrogen-bond donors (Lipinski definition) is 0. The summed E-state index contributed by atoms with van der Waals surface area (Å²) in [6, 6.07) is 0. The molecule has 0 rings (SSSR count). The first kappa shape index (κ1) is 42.9. The molecule has 0 amide bonds. The van der Waals surface area contributed by atoms with E-state index < -0.39 is 0 Å². The van der Waals surface area contributed by atoms with Gasteiger partial charge in [-0.05, 0) is 0 Å². The van der Waals surface area contributed by atoms with E-state index in [9.17, 15) is 0 Å². The van der Waals surface area contributed by atoms with E-state index in [2.05, 4.69) is 0 Å². The van der Waals surface area contributed by atoms with E-state index in [1.165, 1.54) is 0 Å². The first-order valence-electron chi connectivity index (χ1n) is 0. The van der Waals surface area contributed by atoms with Gasteiger partial charge in [-0.15, -0.1) is 0 Å². The molecule has 0 saturated carbocycles. The molecule has 0 unspecified atom stereocenters. The normalized spacial score (nSPS) is 0. The second-order valence-corrected chi connectivity index (χ2v) is 0. The molecule has 0 N–H and O–H groups in total. The smallest absolute Gasteiger partial charge is 2.00 e. The predicted octanol–water partition coefficient (Wildman–Crippen LogP) is -0.126. The maximum absolute atomic E-state index is 0. The SMILES string of the molecule is [Cr+3].[Cu+2].[O-2].[Ti+4]. The van der Waals surface area contributed by atoms with Crippen LogP contribution < -0.4 is 0 Å². The van der Waals surface area contributed by atoms with Crippen LogP contribution in [0.3, 0.4) is 0 Å². The van der Waals surface area contributed by atoms with E-state index in [4.69, 9.17) is 0 Å². The Kier molecular flexibility index (Phi) is 236. The van der Waals surface area contributed by atoms with Crippen LogP contribution in [0.1, 0.15) is 0 Å². The Morgan fingerprint density at radius 3 is 1.00 bits per heavy atom. The molecule has 2 radical (unpaired) electrons. The van der Waals surface area contributed by atoms with Gasteiger partial charge in [0.05, 0.1) is 0 Å². The fourth-order valence-electron chi connectivity index (χ4n) is 0. The van der Waals surface area contributed by atoms with E-state index in [-0.39, 0.29) is 61.6 Å². The van der Waals surface area contributed by atoms with Gasteiger partial charge in [-0.1, -0.05) is 0 Å². The van der Waals surface area contributed by atoms with Gasteiger partial charge in [-0.3, -0.25) is 0 Å². The quantitative estimate of drug-likeness (QED) is 0.464. The largest absolute Gasteiger partial charge is 4.00 e.